The van der Waals surface area contributed by atoms with Gasteiger partial charge in [0.1, 0.15) is 11.4 Å². The summed E-state index contributed by atoms with van der Waals surface area (Å²) < 4.78 is 20.0. The Hall–Kier alpha value is -3.33. The molecule has 0 fully saturated rings. The molecule has 1 amide bonds. The van der Waals surface area contributed by atoms with E-state index in [9.17, 15) is 18.8 Å². The number of rotatable bonds is 7. The molecule has 0 spiro atoms. The van der Waals surface area contributed by atoms with Gasteiger partial charge in [-0.25, -0.2) is 9.37 Å². The first-order valence-electron chi connectivity index (χ1n) is 8.82. The van der Waals surface area contributed by atoms with E-state index in [-0.39, 0.29) is 30.3 Å². The SMILES string of the molecule is CCOC(=O)Cc1csc(NC(=O)c2cccn(Cc3ccccc3F)c2=O)n1. The lowest BCUT2D eigenvalue weighted by Gasteiger charge is -2.08. The molecule has 2 heterocycles. The predicted molar refractivity (Wildman–Crippen MR) is 107 cm³/mol. The molecule has 0 aliphatic heterocycles. The topological polar surface area (TPSA) is 90.3 Å². The molecule has 150 valence electrons. The lowest BCUT2D eigenvalue weighted by Crippen LogP contribution is -2.29. The van der Waals surface area contributed by atoms with Crippen molar-refractivity contribution in [1.29, 1.82) is 0 Å². The molecule has 0 saturated heterocycles. The van der Waals surface area contributed by atoms with Gasteiger partial charge in [-0.15, -0.1) is 11.3 Å². The van der Waals surface area contributed by atoms with Crippen LogP contribution in [-0.4, -0.2) is 28.0 Å². The Bertz CT molecular complexity index is 1090. The minimum absolute atomic E-state index is 0.000985. The smallest absolute Gasteiger partial charge is 0.311 e. The minimum atomic E-state index is -0.630. The van der Waals surface area contributed by atoms with Gasteiger partial charge in [-0.3, -0.25) is 19.7 Å². The summed E-state index contributed by atoms with van der Waals surface area (Å²) in [5.74, 6) is -1.46. The Balaban J connectivity index is 1.73. The highest BCUT2D eigenvalue weighted by molar-refractivity contribution is 7.14. The number of thiazole rings is 1. The highest BCUT2D eigenvalue weighted by Gasteiger charge is 2.16. The number of nitrogens with one attached hydrogen (secondary N) is 1. The lowest BCUT2D eigenvalue weighted by molar-refractivity contribution is -0.142. The molecule has 1 N–H and O–H groups in total. The highest BCUT2D eigenvalue weighted by Crippen LogP contribution is 2.17. The molecule has 29 heavy (non-hydrogen) atoms. The minimum Gasteiger partial charge on any atom is -0.466 e. The number of amides is 1. The average molecular weight is 415 g/mol. The van der Waals surface area contributed by atoms with Crippen LogP contribution in [0.1, 0.15) is 28.5 Å². The van der Waals surface area contributed by atoms with Crippen LogP contribution < -0.4 is 10.9 Å². The van der Waals surface area contributed by atoms with Crippen molar-refractivity contribution in [2.24, 2.45) is 0 Å². The number of carbonyl (C=O) groups excluding carboxylic acids is 2. The normalized spacial score (nSPS) is 10.6. The molecule has 9 heteroatoms. The van der Waals surface area contributed by atoms with Gasteiger partial charge in [0.15, 0.2) is 5.13 Å². The molecule has 2 aromatic heterocycles. The third kappa shape index (κ3) is 5.14. The van der Waals surface area contributed by atoms with Crippen LogP contribution >= 0.6 is 11.3 Å². The zero-order valence-corrected chi connectivity index (χ0v) is 16.4. The van der Waals surface area contributed by atoms with Crippen molar-refractivity contribution in [1.82, 2.24) is 9.55 Å². The zero-order chi connectivity index (χ0) is 20.8. The maximum absolute atomic E-state index is 13.9. The van der Waals surface area contributed by atoms with Gasteiger partial charge >= 0.3 is 5.97 Å². The van der Waals surface area contributed by atoms with Crippen molar-refractivity contribution in [3.05, 3.63) is 81.0 Å². The third-order valence-corrected chi connectivity index (χ3v) is 4.77. The monoisotopic (exact) mass is 415 g/mol. The second-order valence-corrected chi connectivity index (χ2v) is 6.88. The maximum atomic E-state index is 13.9. The van der Waals surface area contributed by atoms with Gasteiger partial charge in [-0.05, 0) is 25.1 Å². The van der Waals surface area contributed by atoms with E-state index in [2.05, 4.69) is 10.3 Å². The van der Waals surface area contributed by atoms with Crippen LogP contribution in [0.15, 0.2) is 52.8 Å². The van der Waals surface area contributed by atoms with Crippen LogP contribution in [0, 0.1) is 5.82 Å². The molecule has 3 rings (SSSR count). The summed E-state index contributed by atoms with van der Waals surface area (Å²) in [7, 11) is 0. The Morgan fingerprint density at radius 1 is 1.24 bits per heavy atom. The van der Waals surface area contributed by atoms with Gasteiger partial charge in [0.2, 0.25) is 0 Å². The van der Waals surface area contributed by atoms with Crippen molar-refractivity contribution in [2.45, 2.75) is 19.9 Å². The lowest BCUT2D eigenvalue weighted by atomic mass is 10.2. The number of halogens is 1. The van der Waals surface area contributed by atoms with E-state index >= 15 is 0 Å². The largest absolute Gasteiger partial charge is 0.466 e. The van der Waals surface area contributed by atoms with E-state index in [0.717, 1.165) is 11.3 Å². The number of carbonyl (C=O) groups is 2. The maximum Gasteiger partial charge on any atom is 0.311 e. The summed E-state index contributed by atoms with van der Waals surface area (Å²) in [6.07, 6.45) is 1.49. The molecule has 0 unspecified atom stereocenters. The first-order chi connectivity index (χ1) is 14.0. The van der Waals surface area contributed by atoms with Crippen molar-refractivity contribution >= 4 is 28.3 Å². The number of anilines is 1. The summed E-state index contributed by atoms with van der Waals surface area (Å²) in [5, 5.41) is 4.45. The quantitative estimate of drug-likeness (QED) is 0.600. The van der Waals surface area contributed by atoms with Crippen LogP contribution in [0.25, 0.3) is 0 Å². The van der Waals surface area contributed by atoms with E-state index < -0.39 is 23.3 Å². The Kier molecular flexibility index (Phi) is 6.50. The second kappa shape index (κ2) is 9.24. The number of ether oxygens (including phenoxy) is 1. The van der Waals surface area contributed by atoms with Crippen LogP contribution in [0.2, 0.25) is 0 Å². The third-order valence-electron chi connectivity index (χ3n) is 3.97. The van der Waals surface area contributed by atoms with Gasteiger partial charge in [-0.1, -0.05) is 18.2 Å². The molecule has 1 aromatic carbocycles. The molecule has 0 saturated carbocycles. The predicted octanol–water partition coefficient (Wildman–Crippen LogP) is 2.85. The summed E-state index contributed by atoms with van der Waals surface area (Å²) >= 11 is 1.14. The van der Waals surface area contributed by atoms with Crippen LogP contribution in [0.4, 0.5) is 9.52 Å². The molecule has 0 aliphatic rings. The first-order valence-corrected chi connectivity index (χ1v) is 9.70. The Morgan fingerprint density at radius 3 is 2.79 bits per heavy atom. The van der Waals surface area contributed by atoms with Gasteiger partial charge in [0.05, 0.1) is 25.3 Å². The molecule has 0 radical (unpaired) electrons. The van der Waals surface area contributed by atoms with Crippen LogP contribution in [0.3, 0.4) is 0 Å². The Labute approximate surface area is 169 Å². The summed E-state index contributed by atoms with van der Waals surface area (Å²) in [5.41, 5.74) is 0.173. The van der Waals surface area contributed by atoms with Crippen molar-refractivity contribution < 1.29 is 18.7 Å². The highest BCUT2D eigenvalue weighted by atomic mass is 32.1. The molecule has 7 nitrogen and oxygen atoms in total. The van der Waals surface area contributed by atoms with Crippen molar-refractivity contribution in [3.63, 3.8) is 0 Å². The number of aromatic nitrogens is 2. The number of nitrogens with zero attached hydrogens (tertiary/aromatic N) is 2. The van der Waals surface area contributed by atoms with Crippen molar-refractivity contribution in [2.75, 3.05) is 11.9 Å². The fourth-order valence-electron chi connectivity index (χ4n) is 2.61. The van der Waals surface area contributed by atoms with E-state index in [1.165, 1.54) is 22.9 Å². The number of hydrogen-bond acceptors (Lipinski definition) is 6. The molecule has 0 bridgehead atoms. The number of hydrogen-bond donors (Lipinski definition) is 1. The average Bonchev–Trinajstić information content (AvgIpc) is 3.11. The molecule has 0 atom stereocenters. The molecular formula is C20H18FN3O4S. The summed E-state index contributed by atoms with van der Waals surface area (Å²) in [4.78, 5) is 40.8. The second-order valence-electron chi connectivity index (χ2n) is 6.03. The van der Waals surface area contributed by atoms with E-state index in [1.807, 2.05) is 0 Å². The zero-order valence-electron chi connectivity index (χ0n) is 15.6. The Morgan fingerprint density at radius 2 is 2.03 bits per heavy atom. The van der Waals surface area contributed by atoms with Gasteiger partial charge in [0.25, 0.3) is 11.5 Å². The van der Waals surface area contributed by atoms with Gasteiger partial charge < -0.3 is 9.30 Å². The van der Waals surface area contributed by atoms with E-state index in [0.29, 0.717) is 11.3 Å². The van der Waals surface area contributed by atoms with Gasteiger partial charge in [0, 0.05) is 17.1 Å². The number of esters is 1. The standard InChI is InChI=1S/C20H18FN3O4S/c1-2-28-17(25)10-14-12-29-20(22-14)23-18(26)15-7-5-9-24(19(15)27)11-13-6-3-4-8-16(13)21/h3-9,12H,2,10-11H2,1H3,(H,22,23,26). The molecular weight excluding hydrogens is 397 g/mol. The first kappa shape index (κ1) is 20.4. The summed E-state index contributed by atoms with van der Waals surface area (Å²) in [6.45, 7) is 2.00. The fourth-order valence-corrected chi connectivity index (χ4v) is 3.32. The van der Waals surface area contributed by atoms with E-state index in [1.54, 1.807) is 36.6 Å². The van der Waals surface area contributed by atoms with Gasteiger partial charge in [-0.2, -0.15) is 0 Å². The van der Waals surface area contributed by atoms with E-state index in [4.69, 9.17) is 4.74 Å². The molecule has 0 aliphatic carbocycles. The fraction of sp³-hybridized carbons (Fsp3) is 0.200. The molecule has 3 aromatic rings. The van der Waals surface area contributed by atoms with Crippen LogP contribution in [-0.2, 0) is 22.5 Å². The number of benzene rings is 1. The van der Waals surface area contributed by atoms with Crippen molar-refractivity contribution in [3.8, 4) is 0 Å². The summed E-state index contributed by atoms with van der Waals surface area (Å²) in [6, 6.07) is 9.07. The van der Waals surface area contributed by atoms with Crippen LogP contribution in [0.5, 0.6) is 0 Å². The number of pyridine rings is 1.